The van der Waals surface area contributed by atoms with Crippen molar-refractivity contribution in [3.05, 3.63) is 24.0 Å². The predicted octanol–water partition coefficient (Wildman–Crippen LogP) is 1.92. The molecule has 1 aliphatic rings. The Morgan fingerprint density at radius 3 is 2.79 bits per heavy atom. The predicted molar refractivity (Wildman–Crippen MR) is 111 cm³/mol. The van der Waals surface area contributed by atoms with Crippen molar-refractivity contribution < 1.29 is 17.9 Å². The minimum atomic E-state index is -3.52. The van der Waals surface area contributed by atoms with Crippen LogP contribution in [0.1, 0.15) is 38.9 Å². The number of amides is 1. The van der Waals surface area contributed by atoms with Gasteiger partial charge in [-0.1, -0.05) is 0 Å². The summed E-state index contributed by atoms with van der Waals surface area (Å²) in [4.78, 5) is 17.2. The van der Waals surface area contributed by atoms with Crippen molar-refractivity contribution in [1.82, 2.24) is 19.2 Å². The van der Waals surface area contributed by atoms with Crippen LogP contribution in [0.2, 0.25) is 0 Å². The Labute approximate surface area is 172 Å². The Hall–Kier alpha value is -1.97. The number of fused-ring (bicyclic) bond motifs is 1. The summed E-state index contributed by atoms with van der Waals surface area (Å²) in [5.41, 5.74) is 1.49. The van der Waals surface area contributed by atoms with Crippen LogP contribution in [-0.2, 0) is 32.5 Å². The Kier molecular flexibility index (Phi) is 6.60. The minimum absolute atomic E-state index is 0.00575. The number of hydrogen-bond donors (Lipinski definition) is 1. The summed E-state index contributed by atoms with van der Waals surface area (Å²) < 4.78 is 33.6. The minimum Gasteiger partial charge on any atom is -0.376 e. The SMILES string of the molecule is CCn1c(CCC(=O)NC(C)C2CCCO2)nc2cc(S(=O)(=O)N(C)C)ccc21. The number of sulfonamides is 1. The molecule has 1 fully saturated rings. The molecule has 160 valence electrons. The van der Waals surface area contributed by atoms with Crippen LogP contribution in [0.5, 0.6) is 0 Å². The summed E-state index contributed by atoms with van der Waals surface area (Å²) in [5, 5.41) is 3.02. The number of benzene rings is 1. The average Bonchev–Trinajstić information content (AvgIpc) is 3.33. The summed E-state index contributed by atoms with van der Waals surface area (Å²) in [7, 11) is -0.506. The molecular formula is C20H30N4O4S. The number of aromatic nitrogens is 2. The van der Waals surface area contributed by atoms with E-state index in [1.54, 1.807) is 18.2 Å². The molecule has 0 bridgehead atoms. The number of carbonyl (C=O) groups excluding carboxylic acids is 1. The van der Waals surface area contributed by atoms with Gasteiger partial charge >= 0.3 is 0 Å². The van der Waals surface area contributed by atoms with E-state index in [1.807, 2.05) is 18.4 Å². The maximum atomic E-state index is 12.4. The number of carbonyl (C=O) groups is 1. The highest BCUT2D eigenvalue weighted by Gasteiger charge is 2.24. The standard InChI is InChI=1S/C20H30N4O4S/c1-5-24-17-9-8-15(29(26,27)23(3)4)13-16(17)22-19(24)10-11-20(25)21-14(2)18-7-6-12-28-18/h8-9,13-14,18H,5-7,10-12H2,1-4H3,(H,21,25). The Morgan fingerprint density at radius 1 is 1.41 bits per heavy atom. The van der Waals surface area contributed by atoms with Gasteiger partial charge in [-0.2, -0.15) is 0 Å². The number of nitrogens with one attached hydrogen (secondary N) is 1. The molecule has 1 aromatic heterocycles. The van der Waals surface area contributed by atoms with Gasteiger partial charge in [0, 0.05) is 40.1 Å². The first kappa shape index (κ1) is 21.7. The van der Waals surface area contributed by atoms with E-state index in [0.717, 1.165) is 30.8 Å². The molecule has 9 heteroatoms. The summed E-state index contributed by atoms with van der Waals surface area (Å²) in [5.74, 6) is 0.750. The molecule has 1 saturated heterocycles. The second kappa shape index (κ2) is 8.81. The van der Waals surface area contributed by atoms with E-state index < -0.39 is 10.0 Å². The summed E-state index contributed by atoms with van der Waals surface area (Å²) in [6.45, 7) is 5.44. The van der Waals surface area contributed by atoms with Crippen LogP contribution < -0.4 is 5.32 Å². The van der Waals surface area contributed by atoms with Crippen molar-refractivity contribution in [3.8, 4) is 0 Å². The molecule has 0 radical (unpaired) electrons. The molecule has 2 aromatic rings. The van der Waals surface area contributed by atoms with E-state index in [-0.39, 0.29) is 22.9 Å². The highest BCUT2D eigenvalue weighted by Crippen LogP contribution is 2.23. The molecule has 1 N–H and O–H groups in total. The molecule has 8 nitrogen and oxygen atoms in total. The number of nitrogens with zero attached hydrogens (tertiary/aromatic N) is 3. The largest absolute Gasteiger partial charge is 0.376 e. The smallest absolute Gasteiger partial charge is 0.242 e. The summed E-state index contributed by atoms with van der Waals surface area (Å²) in [6.07, 6.45) is 2.92. The van der Waals surface area contributed by atoms with E-state index >= 15 is 0 Å². The van der Waals surface area contributed by atoms with Crippen molar-refractivity contribution in [2.45, 2.75) is 63.1 Å². The summed E-state index contributed by atoms with van der Waals surface area (Å²) in [6, 6.07) is 4.98. The van der Waals surface area contributed by atoms with Crippen molar-refractivity contribution in [1.29, 1.82) is 0 Å². The third kappa shape index (κ3) is 4.62. The lowest BCUT2D eigenvalue weighted by Crippen LogP contribution is -2.40. The molecule has 1 aromatic carbocycles. The molecule has 3 rings (SSSR count). The normalized spacial score (nSPS) is 18.4. The van der Waals surface area contributed by atoms with E-state index in [9.17, 15) is 13.2 Å². The highest BCUT2D eigenvalue weighted by molar-refractivity contribution is 7.89. The van der Waals surface area contributed by atoms with Crippen LogP contribution in [0.4, 0.5) is 0 Å². The van der Waals surface area contributed by atoms with Crippen LogP contribution in [0.3, 0.4) is 0 Å². The molecule has 2 atom stereocenters. The molecule has 29 heavy (non-hydrogen) atoms. The second-order valence-corrected chi connectivity index (χ2v) is 9.77. The molecule has 2 heterocycles. The van der Waals surface area contributed by atoms with Gasteiger partial charge in [0.05, 0.1) is 28.1 Å². The number of aryl methyl sites for hydroxylation is 2. The molecular weight excluding hydrogens is 392 g/mol. The Morgan fingerprint density at radius 2 is 2.17 bits per heavy atom. The molecule has 1 aliphatic heterocycles. The van der Waals surface area contributed by atoms with Crippen LogP contribution in [0.25, 0.3) is 11.0 Å². The van der Waals surface area contributed by atoms with Crippen LogP contribution in [0.15, 0.2) is 23.1 Å². The van der Waals surface area contributed by atoms with Crippen LogP contribution >= 0.6 is 0 Å². The molecule has 2 unspecified atom stereocenters. The average molecular weight is 423 g/mol. The lowest BCUT2D eigenvalue weighted by molar-refractivity contribution is -0.122. The third-order valence-corrected chi connectivity index (χ3v) is 7.19. The first-order valence-corrected chi connectivity index (χ1v) is 11.5. The van der Waals surface area contributed by atoms with Gasteiger partial charge in [-0.3, -0.25) is 4.79 Å². The summed E-state index contributed by atoms with van der Waals surface area (Å²) >= 11 is 0. The fraction of sp³-hybridized carbons (Fsp3) is 0.600. The highest BCUT2D eigenvalue weighted by atomic mass is 32.2. The van der Waals surface area contributed by atoms with Crippen LogP contribution in [0, 0.1) is 0 Å². The number of ether oxygens (including phenoxy) is 1. The van der Waals surface area contributed by atoms with Crippen molar-refractivity contribution in [2.75, 3.05) is 20.7 Å². The van der Waals surface area contributed by atoms with Gasteiger partial charge in [-0.05, 0) is 44.9 Å². The van der Waals surface area contributed by atoms with Gasteiger partial charge in [-0.15, -0.1) is 0 Å². The van der Waals surface area contributed by atoms with E-state index in [2.05, 4.69) is 10.3 Å². The van der Waals surface area contributed by atoms with E-state index in [1.165, 1.54) is 18.4 Å². The van der Waals surface area contributed by atoms with Gasteiger partial charge in [-0.25, -0.2) is 17.7 Å². The Balaban J connectivity index is 1.74. The maximum absolute atomic E-state index is 12.4. The van der Waals surface area contributed by atoms with Crippen LogP contribution in [-0.4, -0.2) is 61.0 Å². The lowest BCUT2D eigenvalue weighted by Gasteiger charge is -2.19. The number of hydrogen-bond acceptors (Lipinski definition) is 5. The van der Waals surface area contributed by atoms with Gasteiger partial charge in [0.25, 0.3) is 0 Å². The zero-order chi connectivity index (χ0) is 21.2. The quantitative estimate of drug-likeness (QED) is 0.702. The van der Waals surface area contributed by atoms with Gasteiger partial charge in [0.15, 0.2) is 0 Å². The van der Waals surface area contributed by atoms with Crippen molar-refractivity contribution in [3.63, 3.8) is 0 Å². The zero-order valence-corrected chi connectivity index (χ0v) is 18.3. The van der Waals surface area contributed by atoms with Gasteiger partial charge in [0.2, 0.25) is 15.9 Å². The van der Waals surface area contributed by atoms with Crippen molar-refractivity contribution in [2.24, 2.45) is 0 Å². The molecule has 0 aliphatic carbocycles. The van der Waals surface area contributed by atoms with Gasteiger partial charge < -0.3 is 14.6 Å². The number of rotatable bonds is 8. The first-order chi connectivity index (χ1) is 13.7. The molecule has 0 saturated carbocycles. The first-order valence-electron chi connectivity index (χ1n) is 10.1. The lowest BCUT2D eigenvalue weighted by atomic mass is 10.1. The zero-order valence-electron chi connectivity index (χ0n) is 17.5. The molecule has 1 amide bonds. The second-order valence-electron chi connectivity index (χ2n) is 7.62. The number of imidazole rings is 1. The molecule has 0 spiro atoms. The fourth-order valence-electron chi connectivity index (χ4n) is 3.72. The third-order valence-electron chi connectivity index (χ3n) is 5.38. The van der Waals surface area contributed by atoms with Crippen molar-refractivity contribution >= 4 is 27.0 Å². The topological polar surface area (TPSA) is 93.5 Å². The fourth-order valence-corrected chi connectivity index (χ4v) is 4.64. The van der Waals surface area contributed by atoms with Gasteiger partial charge in [0.1, 0.15) is 5.82 Å². The Bertz CT molecular complexity index is 978. The monoisotopic (exact) mass is 422 g/mol. The van der Waals surface area contributed by atoms with E-state index in [4.69, 9.17) is 4.74 Å². The van der Waals surface area contributed by atoms with E-state index in [0.29, 0.717) is 24.9 Å². The maximum Gasteiger partial charge on any atom is 0.242 e.